The van der Waals surface area contributed by atoms with Crippen LogP contribution in [0.3, 0.4) is 0 Å². The molecule has 2 N–H and O–H groups in total. The van der Waals surface area contributed by atoms with E-state index in [1.54, 1.807) is 0 Å². The first-order chi connectivity index (χ1) is 5.16. The van der Waals surface area contributed by atoms with Crippen LogP contribution in [0.4, 0.5) is 0 Å². The highest BCUT2D eigenvalue weighted by molar-refractivity contribution is 5.79. The summed E-state index contributed by atoms with van der Waals surface area (Å²) in [6.45, 7) is 5.50. The van der Waals surface area contributed by atoms with Crippen LogP contribution >= 0.6 is 0 Å². The molecule has 0 aromatic rings. The molecule has 0 rings (SSSR count). The second-order valence-corrected chi connectivity index (χ2v) is 3.04. The number of aliphatic hydroxyl groups excluding tert-OH is 1. The van der Waals surface area contributed by atoms with Crippen LogP contribution in [0.25, 0.3) is 0 Å². The lowest BCUT2D eigenvalue weighted by Gasteiger charge is -2.05. The van der Waals surface area contributed by atoms with Crippen molar-refractivity contribution in [1.82, 2.24) is 5.32 Å². The van der Waals surface area contributed by atoms with Gasteiger partial charge in [0.25, 0.3) is 0 Å². The molecule has 66 valence electrons. The van der Waals surface area contributed by atoms with Gasteiger partial charge in [0.2, 0.25) is 0 Å². The van der Waals surface area contributed by atoms with E-state index >= 15 is 0 Å². The summed E-state index contributed by atoms with van der Waals surface area (Å²) in [5, 5.41) is 11.5. The molecule has 3 heteroatoms. The molecule has 0 heterocycles. The average molecular weight is 159 g/mol. The molecule has 0 atom stereocenters. The predicted molar refractivity (Wildman–Crippen MR) is 44.4 cm³/mol. The molecule has 0 spiro atoms. The van der Waals surface area contributed by atoms with Gasteiger partial charge >= 0.3 is 0 Å². The van der Waals surface area contributed by atoms with Crippen LogP contribution in [0.5, 0.6) is 0 Å². The number of carbonyl (C=O) groups excluding carboxylic acids is 1. The third kappa shape index (κ3) is 7.49. The van der Waals surface area contributed by atoms with Crippen molar-refractivity contribution in [2.45, 2.75) is 20.3 Å². The van der Waals surface area contributed by atoms with Gasteiger partial charge in [0.15, 0.2) is 5.78 Å². The lowest BCUT2D eigenvalue weighted by atomic mass is 10.2. The molecule has 0 amide bonds. The minimum atomic E-state index is -0.330. The number of hydrogen-bond donors (Lipinski definition) is 2. The maximum Gasteiger partial charge on any atom is 0.159 e. The van der Waals surface area contributed by atoms with Crippen molar-refractivity contribution in [1.29, 1.82) is 0 Å². The minimum absolute atomic E-state index is 0.0961. The molecule has 3 nitrogen and oxygen atoms in total. The number of Topliss-reactive ketones (excluding diaryl/α,β-unsaturated/α-hetero) is 1. The van der Waals surface area contributed by atoms with E-state index in [2.05, 4.69) is 19.2 Å². The molecule has 0 aromatic heterocycles. The normalized spacial score (nSPS) is 10.5. The monoisotopic (exact) mass is 159 g/mol. The quantitative estimate of drug-likeness (QED) is 0.544. The molecule has 0 unspecified atom stereocenters. The lowest BCUT2D eigenvalue weighted by molar-refractivity contribution is -0.121. The van der Waals surface area contributed by atoms with Gasteiger partial charge < -0.3 is 10.4 Å². The standard InChI is InChI=1S/C8H17NO2/c1-7(2)5-9-4-3-8(11)6-10/h7,9-10H,3-6H2,1-2H3. The minimum Gasteiger partial charge on any atom is -0.389 e. The third-order valence-corrected chi connectivity index (χ3v) is 1.31. The molecule has 0 aliphatic carbocycles. The number of rotatable bonds is 6. The average Bonchev–Trinajstić information content (AvgIpc) is 1.97. The van der Waals surface area contributed by atoms with Crippen molar-refractivity contribution in [2.75, 3.05) is 19.7 Å². The van der Waals surface area contributed by atoms with Crippen molar-refractivity contribution in [2.24, 2.45) is 5.92 Å². The van der Waals surface area contributed by atoms with Gasteiger partial charge in [0, 0.05) is 13.0 Å². The van der Waals surface area contributed by atoms with Crippen molar-refractivity contribution in [3.05, 3.63) is 0 Å². The van der Waals surface area contributed by atoms with Crippen LogP contribution in [-0.2, 0) is 4.79 Å². The summed E-state index contributed by atoms with van der Waals surface area (Å²) in [5.74, 6) is 0.514. The van der Waals surface area contributed by atoms with Crippen LogP contribution in [-0.4, -0.2) is 30.6 Å². The van der Waals surface area contributed by atoms with Crippen LogP contribution in [0.1, 0.15) is 20.3 Å². The van der Waals surface area contributed by atoms with E-state index in [4.69, 9.17) is 5.11 Å². The Morgan fingerprint density at radius 2 is 2.18 bits per heavy atom. The molecule has 0 saturated carbocycles. The molecular formula is C8H17NO2. The van der Waals surface area contributed by atoms with Crippen molar-refractivity contribution < 1.29 is 9.90 Å². The van der Waals surface area contributed by atoms with Crippen LogP contribution in [0.15, 0.2) is 0 Å². The number of nitrogens with one attached hydrogen (secondary N) is 1. The van der Waals surface area contributed by atoms with Crippen molar-refractivity contribution in [3.63, 3.8) is 0 Å². The van der Waals surface area contributed by atoms with E-state index in [9.17, 15) is 4.79 Å². The van der Waals surface area contributed by atoms with Crippen molar-refractivity contribution in [3.8, 4) is 0 Å². The summed E-state index contributed by atoms with van der Waals surface area (Å²) in [5.41, 5.74) is 0. The van der Waals surface area contributed by atoms with E-state index in [0.29, 0.717) is 18.9 Å². The highest BCUT2D eigenvalue weighted by Crippen LogP contribution is 1.87. The van der Waals surface area contributed by atoms with Crippen LogP contribution in [0, 0.1) is 5.92 Å². The second-order valence-electron chi connectivity index (χ2n) is 3.04. The highest BCUT2D eigenvalue weighted by Gasteiger charge is 1.98. The fraction of sp³-hybridized carbons (Fsp3) is 0.875. The third-order valence-electron chi connectivity index (χ3n) is 1.31. The van der Waals surface area contributed by atoms with Gasteiger partial charge in [-0.15, -0.1) is 0 Å². The molecule has 0 fully saturated rings. The summed E-state index contributed by atoms with van der Waals surface area (Å²) in [6, 6.07) is 0. The number of hydrogen-bond acceptors (Lipinski definition) is 3. The molecule has 0 bridgehead atoms. The fourth-order valence-electron chi connectivity index (χ4n) is 0.698. The first-order valence-electron chi connectivity index (χ1n) is 4.00. The number of ketones is 1. The van der Waals surface area contributed by atoms with E-state index in [0.717, 1.165) is 6.54 Å². The molecule has 0 aliphatic rings. The zero-order valence-electron chi connectivity index (χ0n) is 7.26. The van der Waals surface area contributed by atoms with E-state index < -0.39 is 0 Å². The number of aliphatic hydroxyl groups is 1. The second kappa shape index (κ2) is 6.31. The molecular weight excluding hydrogens is 142 g/mol. The molecule has 0 saturated heterocycles. The Bertz CT molecular complexity index is 113. The Labute approximate surface area is 67.8 Å². The first-order valence-corrected chi connectivity index (χ1v) is 4.00. The summed E-state index contributed by atoms with van der Waals surface area (Å²) in [7, 11) is 0. The van der Waals surface area contributed by atoms with Gasteiger partial charge in [-0.05, 0) is 12.5 Å². The molecule has 0 aromatic carbocycles. The fourth-order valence-corrected chi connectivity index (χ4v) is 0.698. The van der Waals surface area contributed by atoms with Gasteiger partial charge in [-0.25, -0.2) is 0 Å². The van der Waals surface area contributed by atoms with Crippen molar-refractivity contribution >= 4 is 5.78 Å². The summed E-state index contributed by atoms with van der Waals surface area (Å²) >= 11 is 0. The highest BCUT2D eigenvalue weighted by atomic mass is 16.3. The van der Waals surface area contributed by atoms with Gasteiger partial charge in [-0.3, -0.25) is 4.79 Å². The van der Waals surface area contributed by atoms with Crippen LogP contribution < -0.4 is 5.32 Å². The summed E-state index contributed by atoms with van der Waals surface area (Å²) in [4.78, 5) is 10.6. The Balaban J connectivity index is 3.08. The molecule has 11 heavy (non-hydrogen) atoms. The van der Waals surface area contributed by atoms with E-state index in [1.807, 2.05) is 0 Å². The SMILES string of the molecule is CC(C)CNCCC(=O)CO. The number of carbonyl (C=O) groups is 1. The zero-order valence-corrected chi connectivity index (χ0v) is 7.26. The first kappa shape index (κ1) is 10.6. The van der Waals surface area contributed by atoms with Gasteiger partial charge in [0.05, 0.1) is 0 Å². The Morgan fingerprint density at radius 3 is 2.64 bits per heavy atom. The summed E-state index contributed by atoms with van der Waals surface area (Å²) < 4.78 is 0. The predicted octanol–water partition coefficient (Wildman–Crippen LogP) is 0.183. The Kier molecular flexibility index (Phi) is 6.07. The topological polar surface area (TPSA) is 49.3 Å². The van der Waals surface area contributed by atoms with Crippen LogP contribution in [0.2, 0.25) is 0 Å². The van der Waals surface area contributed by atoms with Gasteiger partial charge in [-0.1, -0.05) is 13.8 Å². The summed E-state index contributed by atoms with van der Waals surface area (Å²) in [6.07, 6.45) is 0.434. The lowest BCUT2D eigenvalue weighted by Crippen LogP contribution is -2.23. The largest absolute Gasteiger partial charge is 0.389 e. The maximum absolute atomic E-state index is 10.6. The maximum atomic E-state index is 10.6. The van der Waals surface area contributed by atoms with Gasteiger partial charge in [-0.2, -0.15) is 0 Å². The zero-order chi connectivity index (χ0) is 8.69. The van der Waals surface area contributed by atoms with E-state index in [1.165, 1.54) is 0 Å². The Morgan fingerprint density at radius 1 is 1.55 bits per heavy atom. The Hall–Kier alpha value is -0.410. The smallest absolute Gasteiger partial charge is 0.159 e. The molecule has 0 aliphatic heterocycles. The van der Waals surface area contributed by atoms with Gasteiger partial charge in [0.1, 0.15) is 6.61 Å². The van der Waals surface area contributed by atoms with E-state index in [-0.39, 0.29) is 12.4 Å². The molecule has 0 radical (unpaired) electrons.